The second-order valence-electron chi connectivity index (χ2n) is 8.03. The maximum Gasteiger partial charge on any atom is 0.258 e. The van der Waals surface area contributed by atoms with Crippen LogP contribution >= 0.6 is 0 Å². The van der Waals surface area contributed by atoms with Crippen molar-refractivity contribution in [1.29, 1.82) is 0 Å². The standard InChI is InChI=1S/C28H22FN5O/c1-34(25-4-2-3-24(16-25)32-23-11-13-30-14-12-23)28(35)19-6-9-22(10-7-19)33-27-18-31-17-20-5-8-21(29)15-26(20)27/h2-18,33H,1H3,(H,30,32). The van der Waals surface area contributed by atoms with Crippen LogP contribution in [0.25, 0.3) is 10.8 Å². The first-order valence-corrected chi connectivity index (χ1v) is 11.0. The zero-order valence-electron chi connectivity index (χ0n) is 18.9. The number of pyridine rings is 2. The van der Waals surface area contributed by atoms with Gasteiger partial charge in [-0.05, 0) is 72.8 Å². The minimum atomic E-state index is -0.309. The van der Waals surface area contributed by atoms with Crippen LogP contribution in [0.3, 0.4) is 0 Å². The Morgan fingerprint density at radius 3 is 2.37 bits per heavy atom. The molecule has 0 spiro atoms. The predicted molar refractivity (Wildman–Crippen MR) is 138 cm³/mol. The van der Waals surface area contributed by atoms with Gasteiger partial charge in [0.2, 0.25) is 0 Å². The highest BCUT2D eigenvalue weighted by atomic mass is 19.1. The average molecular weight is 464 g/mol. The van der Waals surface area contributed by atoms with E-state index in [9.17, 15) is 9.18 Å². The number of carbonyl (C=O) groups excluding carboxylic acids is 1. The van der Waals surface area contributed by atoms with E-state index in [1.54, 1.807) is 54.9 Å². The van der Waals surface area contributed by atoms with Crippen molar-refractivity contribution in [3.63, 3.8) is 0 Å². The summed E-state index contributed by atoms with van der Waals surface area (Å²) in [6, 6.07) is 23.2. The molecule has 35 heavy (non-hydrogen) atoms. The van der Waals surface area contributed by atoms with Crippen molar-refractivity contribution >= 4 is 45.1 Å². The molecule has 2 heterocycles. The number of fused-ring (bicyclic) bond motifs is 1. The first-order valence-electron chi connectivity index (χ1n) is 11.0. The molecule has 0 bridgehead atoms. The highest BCUT2D eigenvalue weighted by Crippen LogP contribution is 2.27. The molecular weight excluding hydrogens is 441 g/mol. The van der Waals surface area contributed by atoms with Gasteiger partial charge in [-0.3, -0.25) is 14.8 Å². The molecule has 0 aliphatic heterocycles. The molecule has 7 heteroatoms. The quantitative estimate of drug-likeness (QED) is 0.299. The lowest BCUT2D eigenvalue weighted by atomic mass is 10.1. The van der Waals surface area contributed by atoms with Gasteiger partial charge in [-0.15, -0.1) is 0 Å². The second-order valence-corrected chi connectivity index (χ2v) is 8.03. The van der Waals surface area contributed by atoms with E-state index in [1.807, 2.05) is 48.5 Å². The Balaban J connectivity index is 1.31. The van der Waals surface area contributed by atoms with Gasteiger partial charge in [0, 0.05) is 64.7 Å². The van der Waals surface area contributed by atoms with Gasteiger partial charge in [0.1, 0.15) is 5.82 Å². The molecule has 5 rings (SSSR count). The third-order valence-electron chi connectivity index (χ3n) is 5.64. The first kappa shape index (κ1) is 22.0. The van der Waals surface area contributed by atoms with Crippen LogP contribution in [-0.2, 0) is 0 Å². The number of amides is 1. The fourth-order valence-corrected chi connectivity index (χ4v) is 3.79. The van der Waals surface area contributed by atoms with E-state index < -0.39 is 0 Å². The lowest BCUT2D eigenvalue weighted by molar-refractivity contribution is 0.0993. The molecule has 0 aliphatic carbocycles. The van der Waals surface area contributed by atoms with Gasteiger partial charge in [0.15, 0.2) is 0 Å². The van der Waals surface area contributed by atoms with E-state index in [4.69, 9.17) is 0 Å². The number of hydrogen-bond acceptors (Lipinski definition) is 5. The molecule has 5 aromatic rings. The van der Waals surface area contributed by atoms with Crippen molar-refractivity contribution in [3.05, 3.63) is 115 Å². The van der Waals surface area contributed by atoms with Crippen LogP contribution in [0.5, 0.6) is 0 Å². The Morgan fingerprint density at radius 1 is 0.800 bits per heavy atom. The smallest absolute Gasteiger partial charge is 0.258 e. The van der Waals surface area contributed by atoms with Crippen molar-refractivity contribution < 1.29 is 9.18 Å². The number of carbonyl (C=O) groups is 1. The molecule has 1 amide bonds. The van der Waals surface area contributed by atoms with Crippen LogP contribution in [0.1, 0.15) is 10.4 Å². The average Bonchev–Trinajstić information content (AvgIpc) is 2.89. The number of aromatic nitrogens is 2. The zero-order chi connectivity index (χ0) is 24.2. The molecule has 0 saturated carbocycles. The molecule has 0 aliphatic rings. The van der Waals surface area contributed by atoms with Crippen molar-refractivity contribution in [2.45, 2.75) is 0 Å². The monoisotopic (exact) mass is 463 g/mol. The number of anilines is 5. The molecule has 0 fully saturated rings. The summed E-state index contributed by atoms with van der Waals surface area (Å²) < 4.78 is 13.8. The maximum absolute atomic E-state index is 13.8. The van der Waals surface area contributed by atoms with Gasteiger partial charge in [0.05, 0.1) is 11.9 Å². The van der Waals surface area contributed by atoms with E-state index >= 15 is 0 Å². The second kappa shape index (κ2) is 9.61. The highest BCUT2D eigenvalue weighted by Gasteiger charge is 2.14. The largest absolute Gasteiger partial charge is 0.355 e. The van der Waals surface area contributed by atoms with Crippen molar-refractivity contribution in [3.8, 4) is 0 Å². The number of rotatable bonds is 6. The van der Waals surface area contributed by atoms with Crippen molar-refractivity contribution in [1.82, 2.24) is 9.97 Å². The molecular formula is C28H22FN5O. The SMILES string of the molecule is CN(C(=O)c1ccc(Nc2cncc3ccc(F)cc23)cc1)c1cccc(Nc2ccncc2)c1. The predicted octanol–water partition coefficient (Wildman–Crippen LogP) is 6.53. The van der Waals surface area contributed by atoms with Crippen LogP contribution in [0.2, 0.25) is 0 Å². The highest BCUT2D eigenvalue weighted by molar-refractivity contribution is 6.06. The van der Waals surface area contributed by atoms with E-state index in [2.05, 4.69) is 20.6 Å². The Morgan fingerprint density at radius 2 is 1.57 bits per heavy atom. The summed E-state index contributed by atoms with van der Waals surface area (Å²) >= 11 is 0. The first-order chi connectivity index (χ1) is 17.1. The van der Waals surface area contributed by atoms with Gasteiger partial charge < -0.3 is 15.5 Å². The molecule has 2 aromatic heterocycles. The molecule has 0 saturated heterocycles. The summed E-state index contributed by atoms with van der Waals surface area (Å²) in [6.07, 6.45) is 6.78. The summed E-state index contributed by atoms with van der Waals surface area (Å²) in [4.78, 5) is 23.0. The van der Waals surface area contributed by atoms with Crippen LogP contribution < -0.4 is 15.5 Å². The number of halogens is 1. The van der Waals surface area contributed by atoms with Crippen LogP contribution in [0.15, 0.2) is 104 Å². The molecule has 6 nitrogen and oxygen atoms in total. The van der Waals surface area contributed by atoms with Gasteiger partial charge in [0.25, 0.3) is 5.91 Å². The maximum atomic E-state index is 13.8. The van der Waals surface area contributed by atoms with Gasteiger partial charge >= 0.3 is 0 Å². The summed E-state index contributed by atoms with van der Waals surface area (Å²) in [6.45, 7) is 0. The molecule has 0 unspecified atom stereocenters. The third kappa shape index (κ3) is 4.94. The Bertz CT molecular complexity index is 1490. The molecule has 0 atom stereocenters. The lowest BCUT2D eigenvalue weighted by Gasteiger charge is -2.19. The zero-order valence-corrected chi connectivity index (χ0v) is 18.9. The van der Waals surface area contributed by atoms with Crippen LogP contribution in [0, 0.1) is 5.82 Å². The fourth-order valence-electron chi connectivity index (χ4n) is 3.79. The topological polar surface area (TPSA) is 70.2 Å². The molecule has 3 aromatic carbocycles. The normalized spacial score (nSPS) is 10.7. The Labute approximate surface area is 202 Å². The van der Waals surface area contributed by atoms with Crippen LogP contribution in [0.4, 0.5) is 32.8 Å². The number of nitrogens with zero attached hydrogens (tertiary/aromatic N) is 3. The van der Waals surface area contributed by atoms with Crippen molar-refractivity contribution in [2.75, 3.05) is 22.6 Å². The van der Waals surface area contributed by atoms with Crippen molar-refractivity contribution in [2.24, 2.45) is 0 Å². The minimum Gasteiger partial charge on any atom is -0.355 e. The Hall–Kier alpha value is -4.78. The lowest BCUT2D eigenvalue weighted by Crippen LogP contribution is -2.26. The van der Waals surface area contributed by atoms with Gasteiger partial charge in [-0.1, -0.05) is 6.07 Å². The molecule has 2 N–H and O–H groups in total. The molecule has 172 valence electrons. The van der Waals surface area contributed by atoms with E-state index in [0.717, 1.165) is 33.5 Å². The van der Waals surface area contributed by atoms with E-state index in [-0.39, 0.29) is 11.7 Å². The van der Waals surface area contributed by atoms with Crippen LogP contribution in [-0.4, -0.2) is 22.9 Å². The summed E-state index contributed by atoms with van der Waals surface area (Å²) in [5, 5.41) is 8.15. The van der Waals surface area contributed by atoms with Gasteiger partial charge in [-0.25, -0.2) is 4.39 Å². The van der Waals surface area contributed by atoms with Gasteiger partial charge in [-0.2, -0.15) is 0 Å². The number of nitrogens with one attached hydrogen (secondary N) is 2. The minimum absolute atomic E-state index is 0.133. The number of benzene rings is 3. The summed E-state index contributed by atoms with van der Waals surface area (Å²) in [7, 11) is 1.75. The summed E-state index contributed by atoms with van der Waals surface area (Å²) in [5.74, 6) is -0.442. The van der Waals surface area contributed by atoms with E-state index in [0.29, 0.717) is 11.3 Å². The molecule has 0 radical (unpaired) electrons. The number of hydrogen-bond donors (Lipinski definition) is 2. The summed E-state index contributed by atoms with van der Waals surface area (Å²) in [5.41, 5.74) is 4.56. The third-order valence-corrected chi connectivity index (χ3v) is 5.64. The Kier molecular flexibility index (Phi) is 6.05. The van der Waals surface area contributed by atoms with E-state index in [1.165, 1.54) is 12.1 Å². The fraction of sp³-hybridized carbons (Fsp3) is 0.0357.